The Bertz CT molecular complexity index is 326. The van der Waals surface area contributed by atoms with Crippen LogP contribution < -0.4 is 10.1 Å². The minimum absolute atomic E-state index is 0.238. The number of phenolic OH excluding ortho intramolecular Hbond substituents is 1. The van der Waals surface area contributed by atoms with Crippen LogP contribution in [0.3, 0.4) is 0 Å². The molecule has 0 aromatic heterocycles. The van der Waals surface area contributed by atoms with Crippen molar-refractivity contribution in [3.63, 3.8) is 0 Å². The lowest BCUT2D eigenvalue weighted by molar-refractivity contribution is 0.369. The lowest BCUT2D eigenvalue weighted by Crippen LogP contribution is -2.20. The first kappa shape index (κ1) is 12.8. The van der Waals surface area contributed by atoms with Crippen LogP contribution in [0, 0.1) is 5.92 Å². The van der Waals surface area contributed by atoms with Gasteiger partial charge in [0.2, 0.25) is 0 Å². The van der Waals surface area contributed by atoms with Crippen molar-refractivity contribution in [3.05, 3.63) is 23.8 Å². The summed E-state index contributed by atoms with van der Waals surface area (Å²) < 4.78 is 5.06. The van der Waals surface area contributed by atoms with Gasteiger partial charge >= 0.3 is 0 Å². The fourth-order valence-corrected chi connectivity index (χ4v) is 1.47. The van der Waals surface area contributed by atoms with Crippen LogP contribution in [0.1, 0.15) is 25.8 Å². The lowest BCUT2D eigenvalue weighted by atomic mass is 10.1. The van der Waals surface area contributed by atoms with Crippen molar-refractivity contribution in [2.45, 2.75) is 26.8 Å². The zero-order chi connectivity index (χ0) is 12.0. The first-order valence-corrected chi connectivity index (χ1v) is 5.74. The van der Waals surface area contributed by atoms with Crippen LogP contribution in [0.4, 0.5) is 0 Å². The predicted molar refractivity (Wildman–Crippen MR) is 65.8 cm³/mol. The van der Waals surface area contributed by atoms with Gasteiger partial charge in [-0.1, -0.05) is 32.4 Å². The molecule has 1 rings (SSSR count). The highest BCUT2D eigenvalue weighted by molar-refractivity contribution is 5.45. The number of benzene rings is 1. The Morgan fingerprint density at radius 2 is 2.19 bits per heavy atom. The van der Waals surface area contributed by atoms with Gasteiger partial charge in [0.1, 0.15) is 0 Å². The summed E-state index contributed by atoms with van der Waals surface area (Å²) in [6.07, 6.45) is 1.16. The van der Waals surface area contributed by atoms with Gasteiger partial charge in [-0.15, -0.1) is 0 Å². The third-order valence-electron chi connectivity index (χ3n) is 2.81. The molecule has 90 valence electrons. The van der Waals surface area contributed by atoms with E-state index in [0.29, 0.717) is 18.2 Å². The monoisotopic (exact) mass is 223 g/mol. The van der Waals surface area contributed by atoms with E-state index >= 15 is 0 Å². The molecule has 1 unspecified atom stereocenters. The number of hydrogen-bond donors (Lipinski definition) is 2. The number of methoxy groups -OCH3 is 1. The SMILES string of the molecule is CCC(C)CNCc1cccc(OC)c1O. The van der Waals surface area contributed by atoms with E-state index in [1.807, 2.05) is 12.1 Å². The summed E-state index contributed by atoms with van der Waals surface area (Å²) >= 11 is 0. The van der Waals surface area contributed by atoms with Crippen molar-refractivity contribution in [2.75, 3.05) is 13.7 Å². The van der Waals surface area contributed by atoms with Crippen LogP contribution in [-0.2, 0) is 6.54 Å². The average Bonchev–Trinajstić information content (AvgIpc) is 2.31. The summed E-state index contributed by atoms with van der Waals surface area (Å²) in [7, 11) is 1.56. The quantitative estimate of drug-likeness (QED) is 0.778. The number of phenols is 1. The summed E-state index contributed by atoms with van der Waals surface area (Å²) in [4.78, 5) is 0. The fourth-order valence-electron chi connectivity index (χ4n) is 1.47. The van der Waals surface area contributed by atoms with Gasteiger partial charge in [0, 0.05) is 12.1 Å². The Kier molecular flexibility index (Phi) is 5.12. The van der Waals surface area contributed by atoms with Crippen LogP contribution in [0.25, 0.3) is 0 Å². The van der Waals surface area contributed by atoms with E-state index < -0.39 is 0 Å². The highest BCUT2D eigenvalue weighted by atomic mass is 16.5. The van der Waals surface area contributed by atoms with Gasteiger partial charge < -0.3 is 15.2 Å². The number of para-hydroxylation sites is 1. The molecule has 0 fully saturated rings. The van der Waals surface area contributed by atoms with Crippen LogP contribution in [0.5, 0.6) is 11.5 Å². The van der Waals surface area contributed by atoms with Gasteiger partial charge in [-0.2, -0.15) is 0 Å². The van der Waals surface area contributed by atoms with Gasteiger partial charge in [0.25, 0.3) is 0 Å². The second-order valence-corrected chi connectivity index (χ2v) is 4.11. The van der Waals surface area contributed by atoms with Crippen molar-refractivity contribution in [2.24, 2.45) is 5.92 Å². The summed E-state index contributed by atoms with van der Waals surface area (Å²) in [6, 6.07) is 5.55. The largest absolute Gasteiger partial charge is 0.504 e. The average molecular weight is 223 g/mol. The summed E-state index contributed by atoms with van der Waals surface area (Å²) in [5.41, 5.74) is 0.877. The molecule has 16 heavy (non-hydrogen) atoms. The lowest BCUT2D eigenvalue weighted by Gasteiger charge is -2.12. The van der Waals surface area contributed by atoms with Crippen molar-refractivity contribution >= 4 is 0 Å². The Morgan fingerprint density at radius 1 is 1.44 bits per heavy atom. The molecule has 0 saturated heterocycles. The first-order valence-electron chi connectivity index (χ1n) is 5.74. The Hall–Kier alpha value is -1.22. The standard InChI is InChI=1S/C13H21NO2/c1-4-10(2)8-14-9-11-6-5-7-12(16-3)13(11)15/h5-7,10,14-15H,4,8-9H2,1-3H3. The Balaban J connectivity index is 2.54. The molecule has 1 aromatic carbocycles. The van der Waals surface area contributed by atoms with E-state index in [4.69, 9.17) is 4.74 Å². The van der Waals surface area contributed by atoms with E-state index in [2.05, 4.69) is 19.2 Å². The fraction of sp³-hybridized carbons (Fsp3) is 0.538. The summed E-state index contributed by atoms with van der Waals surface area (Å²) in [5.74, 6) is 1.43. The number of ether oxygens (including phenoxy) is 1. The van der Waals surface area contributed by atoms with E-state index in [1.54, 1.807) is 13.2 Å². The molecule has 0 amide bonds. The van der Waals surface area contributed by atoms with Crippen LogP contribution in [-0.4, -0.2) is 18.8 Å². The second-order valence-electron chi connectivity index (χ2n) is 4.11. The zero-order valence-corrected chi connectivity index (χ0v) is 10.3. The predicted octanol–water partition coefficient (Wildman–Crippen LogP) is 2.54. The van der Waals surface area contributed by atoms with Crippen LogP contribution >= 0.6 is 0 Å². The highest BCUT2D eigenvalue weighted by Gasteiger charge is 2.06. The molecule has 1 aromatic rings. The zero-order valence-electron chi connectivity index (χ0n) is 10.3. The minimum atomic E-state index is 0.238. The number of aromatic hydroxyl groups is 1. The summed E-state index contributed by atoms with van der Waals surface area (Å²) in [6.45, 7) is 6.02. The third-order valence-corrected chi connectivity index (χ3v) is 2.81. The maximum absolute atomic E-state index is 9.85. The molecule has 0 bridgehead atoms. The Labute approximate surface area is 97.4 Å². The molecule has 0 aliphatic heterocycles. The first-order chi connectivity index (χ1) is 7.69. The molecule has 2 N–H and O–H groups in total. The third kappa shape index (κ3) is 3.42. The molecule has 0 saturated carbocycles. The molecule has 0 aliphatic carbocycles. The van der Waals surface area contributed by atoms with Crippen molar-refractivity contribution in [1.29, 1.82) is 0 Å². The maximum atomic E-state index is 9.85. The van der Waals surface area contributed by atoms with Gasteiger partial charge in [0.15, 0.2) is 11.5 Å². The Morgan fingerprint density at radius 3 is 2.81 bits per heavy atom. The number of rotatable bonds is 6. The molecule has 0 heterocycles. The highest BCUT2D eigenvalue weighted by Crippen LogP contribution is 2.29. The van der Waals surface area contributed by atoms with Gasteiger partial charge in [-0.25, -0.2) is 0 Å². The van der Waals surface area contributed by atoms with Crippen molar-refractivity contribution in [1.82, 2.24) is 5.32 Å². The molecule has 1 atom stereocenters. The van der Waals surface area contributed by atoms with Crippen LogP contribution in [0.2, 0.25) is 0 Å². The molecular formula is C13H21NO2. The molecule has 0 spiro atoms. The van der Waals surface area contributed by atoms with E-state index in [-0.39, 0.29) is 5.75 Å². The van der Waals surface area contributed by atoms with Crippen LogP contribution in [0.15, 0.2) is 18.2 Å². The van der Waals surface area contributed by atoms with Gasteiger partial charge in [-0.05, 0) is 18.5 Å². The van der Waals surface area contributed by atoms with Crippen molar-refractivity contribution in [3.8, 4) is 11.5 Å². The van der Waals surface area contributed by atoms with Crippen molar-refractivity contribution < 1.29 is 9.84 Å². The summed E-state index contributed by atoms with van der Waals surface area (Å²) in [5, 5.41) is 13.2. The maximum Gasteiger partial charge on any atom is 0.162 e. The number of nitrogens with one attached hydrogen (secondary N) is 1. The van der Waals surface area contributed by atoms with E-state index in [1.165, 1.54) is 0 Å². The minimum Gasteiger partial charge on any atom is -0.504 e. The molecule has 3 nitrogen and oxygen atoms in total. The van der Waals surface area contributed by atoms with Gasteiger partial charge in [-0.3, -0.25) is 0 Å². The topological polar surface area (TPSA) is 41.5 Å². The molecule has 0 radical (unpaired) electrons. The number of hydrogen-bond acceptors (Lipinski definition) is 3. The molecule has 3 heteroatoms. The molecular weight excluding hydrogens is 202 g/mol. The van der Waals surface area contributed by atoms with E-state index in [9.17, 15) is 5.11 Å². The smallest absolute Gasteiger partial charge is 0.162 e. The molecule has 0 aliphatic rings. The van der Waals surface area contributed by atoms with Gasteiger partial charge in [0.05, 0.1) is 7.11 Å². The van der Waals surface area contributed by atoms with E-state index in [0.717, 1.165) is 18.5 Å². The second kappa shape index (κ2) is 6.38. The normalized spacial score (nSPS) is 12.4.